The average molecular weight is 329 g/mol. The number of furan rings is 1. The van der Waals surface area contributed by atoms with Crippen LogP contribution in [0.1, 0.15) is 13.8 Å². The Hall–Kier alpha value is -3.01. The zero-order valence-corrected chi connectivity index (χ0v) is 14.3. The van der Waals surface area contributed by atoms with Gasteiger partial charge in [0.2, 0.25) is 0 Å². The number of aromatic nitrogens is 1. The van der Waals surface area contributed by atoms with Crippen molar-refractivity contribution in [3.05, 3.63) is 60.8 Å². The van der Waals surface area contributed by atoms with Gasteiger partial charge >= 0.3 is 0 Å². The quantitative estimate of drug-likeness (QED) is 0.499. The maximum Gasteiger partial charge on any atom is 0.158 e. The smallest absolute Gasteiger partial charge is 0.158 e. The van der Waals surface area contributed by atoms with E-state index < -0.39 is 0 Å². The monoisotopic (exact) mass is 329 g/mol. The molecule has 0 bridgehead atoms. The van der Waals surface area contributed by atoms with Crippen molar-refractivity contribution in [1.82, 2.24) is 4.98 Å². The molecule has 0 radical (unpaired) electrons. The van der Waals surface area contributed by atoms with Crippen LogP contribution >= 0.6 is 0 Å². The molecule has 1 aliphatic rings. The molecule has 0 unspecified atom stereocenters. The van der Waals surface area contributed by atoms with Crippen LogP contribution < -0.4 is 9.80 Å². The molecule has 3 heterocycles. The van der Waals surface area contributed by atoms with Gasteiger partial charge in [-0.3, -0.25) is 0 Å². The summed E-state index contributed by atoms with van der Waals surface area (Å²) in [5, 5.41) is 2.30. The molecular weight excluding hydrogens is 310 g/mol. The third-order valence-corrected chi connectivity index (χ3v) is 4.92. The van der Waals surface area contributed by atoms with Gasteiger partial charge in [-0.2, -0.15) is 0 Å². The summed E-state index contributed by atoms with van der Waals surface area (Å²) in [5.41, 5.74) is 4.18. The number of hydrogen-bond acceptors (Lipinski definition) is 4. The number of fused-ring (bicyclic) bond motifs is 4. The maximum absolute atomic E-state index is 5.95. The summed E-state index contributed by atoms with van der Waals surface area (Å²) in [7, 11) is 0. The number of anilines is 3. The number of pyridine rings is 1. The van der Waals surface area contributed by atoms with E-state index in [0.29, 0.717) is 6.04 Å². The molecule has 0 atom stereocenters. The van der Waals surface area contributed by atoms with Gasteiger partial charge in [0.05, 0.1) is 12.4 Å². The first-order valence-electron chi connectivity index (χ1n) is 8.63. The van der Waals surface area contributed by atoms with Gasteiger partial charge in [0.15, 0.2) is 5.82 Å². The molecule has 4 nitrogen and oxygen atoms in total. The molecule has 0 saturated carbocycles. The van der Waals surface area contributed by atoms with Crippen LogP contribution in [0.3, 0.4) is 0 Å². The van der Waals surface area contributed by atoms with E-state index in [4.69, 9.17) is 4.42 Å². The second-order valence-electron chi connectivity index (χ2n) is 6.76. The molecule has 2 aromatic carbocycles. The Bertz CT molecular complexity index is 1080. The highest BCUT2D eigenvalue weighted by Crippen LogP contribution is 2.41. The van der Waals surface area contributed by atoms with Crippen molar-refractivity contribution in [3.8, 4) is 0 Å². The van der Waals surface area contributed by atoms with Crippen molar-refractivity contribution >= 4 is 39.1 Å². The molecule has 0 fully saturated rings. The lowest BCUT2D eigenvalue weighted by molar-refractivity contribution is 0.669. The van der Waals surface area contributed by atoms with Crippen molar-refractivity contribution in [2.24, 2.45) is 0 Å². The Balaban J connectivity index is 1.67. The Kier molecular flexibility index (Phi) is 3.01. The second kappa shape index (κ2) is 5.24. The standard InChI is InChI=1S/C21H19N3O/c1-14(2)23-13-24(21-18(23)7-5-11-22-21)15-9-10-20-17(12-15)16-6-3-4-8-19(16)25-20/h3-12,14H,13H2,1-2H3. The molecular formula is C21H19N3O. The van der Waals surface area contributed by atoms with Crippen molar-refractivity contribution in [1.29, 1.82) is 0 Å². The average Bonchev–Trinajstić information content (AvgIpc) is 3.20. The topological polar surface area (TPSA) is 32.5 Å². The minimum absolute atomic E-state index is 0.423. The highest BCUT2D eigenvalue weighted by Gasteiger charge is 2.29. The predicted octanol–water partition coefficient (Wildman–Crippen LogP) is 5.31. The van der Waals surface area contributed by atoms with Crippen LogP contribution in [0.5, 0.6) is 0 Å². The molecule has 0 spiro atoms. The van der Waals surface area contributed by atoms with Gasteiger partial charge in [0.1, 0.15) is 11.2 Å². The van der Waals surface area contributed by atoms with Crippen molar-refractivity contribution in [2.45, 2.75) is 19.9 Å². The normalized spacial score (nSPS) is 14.0. The summed E-state index contributed by atoms with van der Waals surface area (Å²) in [6.45, 7) is 5.24. The lowest BCUT2D eigenvalue weighted by Gasteiger charge is -2.24. The predicted molar refractivity (Wildman–Crippen MR) is 103 cm³/mol. The molecule has 0 amide bonds. The van der Waals surface area contributed by atoms with Gasteiger partial charge in [-0.1, -0.05) is 18.2 Å². The Labute approximate surface area is 146 Å². The van der Waals surface area contributed by atoms with Crippen LogP contribution in [0, 0.1) is 0 Å². The molecule has 0 N–H and O–H groups in total. The van der Waals surface area contributed by atoms with Crippen LogP contribution in [0.4, 0.5) is 17.2 Å². The van der Waals surface area contributed by atoms with Gasteiger partial charge in [-0.25, -0.2) is 4.98 Å². The summed E-state index contributed by atoms with van der Waals surface area (Å²) in [4.78, 5) is 9.29. The van der Waals surface area contributed by atoms with Crippen LogP contribution in [0.15, 0.2) is 65.2 Å². The lowest BCUT2D eigenvalue weighted by atomic mass is 10.1. The summed E-state index contributed by atoms with van der Waals surface area (Å²) in [6, 6.07) is 19.2. The molecule has 2 aromatic heterocycles. The first-order valence-corrected chi connectivity index (χ1v) is 8.63. The van der Waals surface area contributed by atoms with Crippen LogP contribution in [0.25, 0.3) is 21.9 Å². The zero-order valence-electron chi connectivity index (χ0n) is 14.3. The fraction of sp³-hybridized carbons (Fsp3) is 0.190. The molecule has 4 aromatic rings. The maximum atomic E-state index is 5.95. The second-order valence-corrected chi connectivity index (χ2v) is 6.76. The minimum Gasteiger partial charge on any atom is -0.456 e. The van der Waals surface area contributed by atoms with E-state index in [9.17, 15) is 0 Å². The van der Waals surface area contributed by atoms with E-state index in [2.05, 4.69) is 65.0 Å². The largest absolute Gasteiger partial charge is 0.456 e. The molecule has 4 heteroatoms. The molecule has 0 aliphatic carbocycles. The van der Waals surface area contributed by atoms with E-state index in [1.165, 1.54) is 5.69 Å². The highest BCUT2D eigenvalue weighted by molar-refractivity contribution is 6.06. The Morgan fingerprint density at radius 3 is 2.68 bits per heavy atom. The third kappa shape index (κ3) is 2.10. The van der Waals surface area contributed by atoms with Gasteiger partial charge in [-0.05, 0) is 50.2 Å². The van der Waals surface area contributed by atoms with Gasteiger partial charge < -0.3 is 14.2 Å². The summed E-state index contributed by atoms with van der Waals surface area (Å²) in [6.07, 6.45) is 1.86. The minimum atomic E-state index is 0.423. The fourth-order valence-electron chi connectivity index (χ4n) is 3.64. The zero-order chi connectivity index (χ0) is 17.0. The number of benzene rings is 2. The van der Waals surface area contributed by atoms with E-state index in [1.54, 1.807) is 0 Å². The first kappa shape index (κ1) is 14.3. The Morgan fingerprint density at radius 1 is 0.960 bits per heavy atom. The number of hydrogen-bond donors (Lipinski definition) is 0. The first-order chi connectivity index (χ1) is 12.2. The Morgan fingerprint density at radius 2 is 1.80 bits per heavy atom. The van der Waals surface area contributed by atoms with Gasteiger partial charge in [-0.15, -0.1) is 0 Å². The van der Waals surface area contributed by atoms with Crippen molar-refractivity contribution < 1.29 is 4.42 Å². The summed E-state index contributed by atoms with van der Waals surface area (Å²) in [5.74, 6) is 1.02. The molecule has 0 saturated heterocycles. The molecule has 1 aliphatic heterocycles. The third-order valence-electron chi connectivity index (χ3n) is 4.92. The summed E-state index contributed by atoms with van der Waals surface area (Å²) >= 11 is 0. The van der Waals surface area contributed by atoms with Gasteiger partial charge in [0.25, 0.3) is 0 Å². The summed E-state index contributed by atoms with van der Waals surface area (Å²) < 4.78 is 5.95. The van der Waals surface area contributed by atoms with E-state index in [0.717, 1.165) is 40.1 Å². The van der Waals surface area contributed by atoms with E-state index in [1.807, 2.05) is 24.4 Å². The molecule has 5 rings (SSSR count). The van der Waals surface area contributed by atoms with Crippen LogP contribution in [-0.2, 0) is 0 Å². The van der Waals surface area contributed by atoms with Crippen molar-refractivity contribution in [3.63, 3.8) is 0 Å². The van der Waals surface area contributed by atoms with Crippen LogP contribution in [-0.4, -0.2) is 17.7 Å². The SMILES string of the molecule is CC(C)N1CN(c2ccc3oc4ccccc4c3c2)c2ncccc21. The molecule has 25 heavy (non-hydrogen) atoms. The number of rotatable bonds is 2. The van der Waals surface area contributed by atoms with E-state index in [-0.39, 0.29) is 0 Å². The highest BCUT2D eigenvalue weighted by atomic mass is 16.3. The fourth-order valence-corrected chi connectivity index (χ4v) is 3.64. The lowest BCUT2D eigenvalue weighted by Crippen LogP contribution is -2.33. The van der Waals surface area contributed by atoms with Gasteiger partial charge in [0, 0.05) is 28.7 Å². The van der Waals surface area contributed by atoms with Crippen molar-refractivity contribution in [2.75, 3.05) is 16.5 Å². The van der Waals surface area contributed by atoms with E-state index >= 15 is 0 Å². The number of para-hydroxylation sites is 1. The molecule has 124 valence electrons. The number of nitrogens with zero attached hydrogens (tertiary/aromatic N) is 3. The van der Waals surface area contributed by atoms with Crippen LogP contribution in [0.2, 0.25) is 0 Å².